The van der Waals surface area contributed by atoms with Crippen LogP contribution in [0.3, 0.4) is 0 Å². The Morgan fingerprint density at radius 3 is 2.10 bits per heavy atom. The number of rotatable bonds is 5. The van der Waals surface area contributed by atoms with E-state index < -0.39 is 35.2 Å². The van der Waals surface area contributed by atoms with Crippen LogP contribution in [0, 0.1) is 5.92 Å². The van der Waals surface area contributed by atoms with Crippen LogP contribution in [0.2, 0.25) is 0 Å². The number of aliphatic carboxylic acids is 1. The Balaban J connectivity index is 2.58. The molecule has 3 N–H and O–H groups in total. The molecule has 0 radical (unpaired) electrons. The molecule has 0 aliphatic heterocycles. The molecule has 0 aromatic carbocycles. The maximum Gasteiger partial charge on any atom is 0.408 e. The molecule has 7 heteroatoms. The molecule has 0 heterocycles. The Morgan fingerprint density at radius 2 is 1.71 bits per heavy atom. The average Bonchev–Trinajstić information content (AvgIpc) is 3.09. The van der Waals surface area contributed by atoms with E-state index in [1.807, 2.05) is 0 Å². The second-order valence-electron chi connectivity index (χ2n) is 6.64. The van der Waals surface area contributed by atoms with Crippen LogP contribution in [0.5, 0.6) is 0 Å². The highest BCUT2D eigenvalue weighted by Gasteiger charge is 2.49. The highest BCUT2D eigenvalue weighted by atomic mass is 16.6. The summed E-state index contributed by atoms with van der Waals surface area (Å²) in [6.45, 7) is 8.11. The van der Waals surface area contributed by atoms with Gasteiger partial charge in [-0.15, -0.1) is 0 Å². The summed E-state index contributed by atoms with van der Waals surface area (Å²) in [6.07, 6.45) is 0.835. The lowest BCUT2D eigenvalue weighted by Gasteiger charge is -2.28. The number of nitrogens with one attached hydrogen (secondary N) is 2. The third kappa shape index (κ3) is 4.91. The summed E-state index contributed by atoms with van der Waals surface area (Å²) in [7, 11) is 0. The van der Waals surface area contributed by atoms with Crippen molar-refractivity contribution in [3.05, 3.63) is 0 Å². The smallest absolute Gasteiger partial charge is 0.408 e. The van der Waals surface area contributed by atoms with Crippen molar-refractivity contribution in [1.82, 2.24) is 10.6 Å². The summed E-state index contributed by atoms with van der Waals surface area (Å²) >= 11 is 0. The molecular formula is C14H24N2O5. The summed E-state index contributed by atoms with van der Waals surface area (Å²) in [5, 5.41) is 14.2. The van der Waals surface area contributed by atoms with Crippen LogP contribution in [0.25, 0.3) is 0 Å². The number of hydrogen-bond donors (Lipinski definition) is 3. The lowest BCUT2D eigenvalue weighted by Crippen LogP contribution is -2.58. The van der Waals surface area contributed by atoms with Crippen molar-refractivity contribution in [3.63, 3.8) is 0 Å². The molecule has 1 rings (SSSR count). The average molecular weight is 300 g/mol. The van der Waals surface area contributed by atoms with E-state index in [9.17, 15) is 19.5 Å². The summed E-state index contributed by atoms with van der Waals surface area (Å²) < 4.78 is 5.05. The van der Waals surface area contributed by atoms with Gasteiger partial charge in [-0.3, -0.25) is 4.79 Å². The molecule has 0 aromatic rings. The van der Waals surface area contributed by atoms with Gasteiger partial charge in [-0.1, -0.05) is 0 Å². The summed E-state index contributed by atoms with van der Waals surface area (Å²) in [6, 6.07) is -0.878. The number of carbonyl (C=O) groups is 3. The maximum atomic E-state index is 12.1. The van der Waals surface area contributed by atoms with Gasteiger partial charge in [-0.25, -0.2) is 9.59 Å². The second-order valence-corrected chi connectivity index (χ2v) is 6.64. The van der Waals surface area contributed by atoms with Gasteiger partial charge >= 0.3 is 12.1 Å². The van der Waals surface area contributed by atoms with E-state index >= 15 is 0 Å². The third-order valence-corrected chi connectivity index (χ3v) is 3.35. The molecule has 2 atom stereocenters. The zero-order valence-corrected chi connectivity index (χ0v) is 13.1. The maximum absolute atomic E-state index is 12.1. The van der Waals surface area contributed by atoms with Crippen LogP contribution < -0.4 is 10.6 Å². The highest BCUT2D eigenvalue weighted by molar-refractivity contribution is 5.91. The summed E-state index contributed by atoms with van der Waals surface area (Å²) in [5.74, 6) is -1.67. The number of hydrogen-bond acceptors (Lipinski definition) is 4. The van der Waals surface area contributed by atoms with Crippen molar-refractivity contribution in [2.24, 2.45) is 5.92 Å². The Labute approximate surface area is 124 Å². The Kier molecular flexibility index (Phi) is 4.86. The van der Waals surface area contributed by atoms with Gasteiger partial charge in [0.2, 0.25) is 5.91 Å². The predicted molar refractivity (Wildman–Crippen MR) is 75.7 cm³/mol. The minimum atomic E-state index is -1.29. The number of carboxylic acids is 1. The second kappa shape index (κ2) is 5.91. The predicted octanol–water partition coefficient (Wildman–Crippen LogP) is 1.27. The van der Waals surface area contributed by atoms with Gasteiger partial charge in [0.25, 0.3) is 0 Å². The molecule has 120 valence electrons. The van der Waals surface area contributed by atoms with Gasteiger partial charge in [0.05, 0.1) is 0 Å². The molecule has 1 saturated carbocycles. The third-order valence-electron chi connectivity index (χ3n) is 3.35. The summed E-state index contributed by atoms with van der Waals surface area (Å²) in [5.41, 5.74) is -1.95. The largest absolute Gasteiger partial charge is 0.480 e. The quantitative estimate of drug-likeness (QED) is 0.709. The molecule has 1 aliphatic rings. The van der Waals surface area contributed by atoms with Crippen LogP contribution in [-0.2, 0) is 14.3 Å². The number of ether oxygens (including phenoxy) is 1. The van der Waals surface area contributed by atoms with E-state index in [-0.39, 0.29) is 5.92 Å². The van der Waals surface area contributed by atoms with Crippen LogP contribution >= 0.6 is 0 Å². The Bertz CT molecular complexity index is 439. The molecule has 21 heavy (non-hydrogen) atoms. The molecule has 1 fully saturated rings. The zero-order chi connectivity index (χ0) is 16.4. The van der Waals surface area contributed by atoms with Gasteiger partial charge in [0.15, 0.2) is 0 Å². The fourth-order valence-electron chi connectivity index (χ4n) is 1.90. The van der Waals surface area contributed by atoms with E-state index in [1.54, 1.807) is 20.8 Å². The molecule has 0 aromatic heterocycles. The van der Waals surface area contributed by atoms with Gasteiger partial charge in [0.1, 0.15) is 17.2 Å². The zero-order valence-electron chi connectivity index (χ0n) is 13.1. The molecule has 0 spiro atoms. The number of alkyl carbamates (subject to hydrolysis) is 1. The number of amides is 2. The Morgan fingerprint density at radius 1 is 1.19 bits per heavy atom. The minimum Gasteiger partial charge on any atom is -0.480 e. The number of carboxylic acid groups (broad SMARTS) is 1. The lowest BCUT2D eigenvalue weighted by atomic mass is 9.95. The highest BCUT2D eigenvalue weighted by Crippen LogP contribution is 2.39. The van der Waals surface area contributed by atoms with E-state index in [0.29, 0.717) is 0 Å². The molecule has 1 unspecified atom stereocenters. The van der Waals surface area contributed by atoms with Gasteiger partial charge < -0.3 is 20.5 Å². The van der Waals surface area contributed by atoms with E-state index in [0.717, 1.165) is 12.8 Å². The van der Waals surface area contributed by atoms with E-state index in [2.05, 4.69) is 10.6 Å². The van der Waals surface area contributed by atoms with Crippen molar-refractivity contribution in [2.45, 2.75) is 64.6 Å². The van der Waals surface area contributed by atoms with Crippen LogP contribution in [-0.4, -0.2) is 40.3 Å². The first-order valence-electron chi connectivity index (χ1n) is 7.00. The van der Waals surface area contributed by atoms with Crippen molar-refractivity contribution in [2.75, 3.05) is 0 Å². The minimum absolute atomic E-state index is 0.0623. The first kappa shape index (κ1) is 17.3. The van der Waals surface area contributed by atoms with Crippen molar-refractivity contribution < 1.29 is 24.2 Å². The van der Waals surface area contributed by atoms with E-state index in [4.69, 9.17) is 4.74 Å². The van der Waals surface area contributed by atoms with Crippen LogP contribution in [0.1, 0.15) is 47.5 Å². The SMILES string of the molecule is C[C@H](NC(=O)OC(C)(C)C)C(=O)NC(C)(C(=O)O)C1CC1. The molecule has 7 nitrogen and oxygen atoms in total. The number of carbonyl (C=O) groups excluding carboxylic acids is 2. The van der Waals surface area contributed by atoms with Crippen molar-refractivity contribution >= 4 is 18.0 Å². The fourth-order valence-corrected chi connectivity index (χ4v) is 1.90. The van der Waals surface area contributed by atoms with E-state index in [1.165, 1.54) is 13.8 Å². The lowest BCUT2D eigenvalue weighted by molar-refractivity contribution is -0.148. The van der Waals surface area contributed by atoms with Crippen molar-refractivity contribution in [1.29, 1.82) is 0 Å². The monoisotopic (exact) mass is 300 g/mol. The van der Waals surface area contributed by atoms with Gasteiger partial charge in [-0.2, -0.15) is 0 Å². The molecular weight excluding hydrogens is 276 g/mol. The van der Waals surface area contributed by atoms with Crippen LogP contribution in [0.4, 0.5) is 4.79 Å². The molecule has 0 saturated heterocycles. The van der Waals surface area contributed by atoms with Crippen LogP contribution in [0.15, 0.2) is 0 Å². The van der Waals surface area contributed by atoms with Crippen molar-refractivity contribution in [3.8, 4) is 0 Å². The Hall–Kier alpha value is -1.79. The summed E-state index contributed by atoms with van der Waals surface area (Å²) in [4.78, 5) is 35.0. The first-order valence-corrected chi connectivity index (χ1v) is 7.00. The molecule has 2 amide bonds. The van der Waals surface area contributed by atoms with Gasteiger partial charge in [-0.05, 0) is 53.4 Å². The standard InChI is InChI=1S/C14H24N2O5/c1-8(15-12(20)21-13(2,3)4)10(17)16-14(5,11(18)19)9-6-7-9/h8-9H,6-7H2,1-5H3,(H,15,20)(H,16,17)(H,18,19)/t8-,14?/m0/s1. The topological polar surface area (TPSA) is 105 Å². The first-order chi connectivity index (χ1) is 9.45. The molecule has 0 bridgehead atoms. The fraction of sp³-hybridized carbons (Fsp3) is 0.786. The normalized spacial score (nSPS) is 19.1. The molecule has 1 aliphatic carbocycles. The van der Waals surface area contributed by atoms with Gasteiger partial charge in [0, 0.05) is 0 Å².